The molecule has 0 aliphatic rings. The maximum atomic E-state index is 10.8. The standard InChI is InChI=1S/C6H9N3O2/c1-4-3-5(6(10)11-2)8-9(4)7/h3H,7H2,1-2H3. The van der Waals surface area contributed by atoms with Crippen LogP contribution >= 0.6 is 0 Å². The van der Waals surface area contributed by atoms with Crippen molar-refractivity contribution in [3.8, 4) is 0 Å². The molecule has 1 heterocycles. The monoisotopic (exact) mass is 155 g/mol. The molecule has 2 N–H and O–H groups in total. The number of hydrogen-bond acceptors (Lipinski definition) is 4. The van der Waals surface area contributed by atoms with Crippen molar-refractivity contribution in [3.63, 3.8) is 0 Å². The zero-order valence-electron chi connectivity index (χ0n) is 6.37. The van der Waals surface area contributed by atoms with Gasteiger partial charge in [0.15, 0.2) is 5.69 Å². The summed E-state index contributed by atoms with van der Waals surface area (Å²) in [7, 11) is 1.30. The van der Waals surface area contributed by atoms with Crippen LogP contribution in [0.3, 0.4) is 0 Å². The summed E-state index contributed by atoms with van der Waals surface area (Å²) in [6.45, 7) is 1.75. The van der Waals surface area contributed by atoms with Gasteiger partial charge in [-0.25, -0.2) is 4.79 Å². The summed E-state index contributed by atoms with van der Waals surface area (Å²) < 4.78 is 4.43. The number of nitrogens with zero attached hydrogens (tertiary/aromatic N) is 2. The highest BCUT2D eigenvalue weighted by molar-refractivity contribution is 5.87. The average Bonchev–Trinajstić information content (AvgIpc) is 2.31. The lowest BCUT2D eigenvalue weighted by Crippen LogP contribution is -2.13. The number of methoxy groups -OCH3 is 1. The van der Waals surface area contributed by atoms with Crippen LogP contribution in [-0.2, 0) is 4.74 Å². The van der Waals surface area contributed by atoms with Gasteiger partial charge >= 0.3 is 5.97 Å². The number of esters is 1. The van der Waals surface area contributed by atoms with Gasteiger partial charge in [-0.3, -0.25) is 0 Å². The fourth-order valence-electron chi connectivity index (χ4n) is 0.692. The summed E-state index contributed by atoms with van der Waals surface area (Å²) in [5.74, 6) is 4.86. The third kappa shape index (κ3) is 1.31. The summed E-state index contributed by atoms with van der Waals surface area (Å²) in [5.41, 5.74) is 0.943. The number of aromatic nitrogens is 2. The van der Waals surface area contributed by atoms with E-state index < -0.39 is 5.97 Å². The van der Waals surface area contributed by atoms with Crippen LogP contribution in [0.4, 0.5) is 0 Å². The van der Waals surface area contributed by atoms with Crippen molar-refractivity contribution in [1.82, 2.24) is 9.89 Å². The lowest BCUT2D eigenvalue weighted by molar-refractivity contribution is 0.0593. The molecule has 0 spiro atoms. The predicted octanol–water partition coefficient (Wildman–Crippen LogP) is -0.308. The first-order valence-electron chi connectivity index (χ1n) is 3.05. The Morgan fingerprint density at radius 3 is 2.82 bits per heavy atom. The SMILES string of the molecule is COC(=O)c1cc(C)n(N)n1. The van der Waals surface area contributed by atoms with E-state index in [4.69, 9.17) is 5.84 Å². The van der Waals surface area contributed by atoms with Gasteiger partial charge in [-0.05, 0) is 13.0 Å². The molecule has 1 rings (SSSR count). The van der Waals surface area contributed by atoms with E-state index in [1.54, 1.807) is 13.0 Å². The van der Waals surface area contributed by atoms with Gasteiger partial charge in [0, 0.05) is 0 Å². The molecular formula is C6H9N3O2. The van der Waals surface area contributed by atoms with Gasteiger partial charge in [0.05, 0.1) is 12.8 Å². The largest absolute Gasteiger partial charge is 0.464 e. The van der Waals surface area contributed by atoms with E-state index in [2.05, 4.69) is 9.84 Å². The van der Waals surface area contributed by atoms with Crippen LogP contribution in [0, 0.1) is 6.92 Å². The summed E-state index contributed by atoms with van der Waals surface area (Å²) in [5, 5.41) is 3.70. The Balaban J connectivity index is 2.97. The number of aryl methyl sites for hydroxylation is 1. The Kier molecular flexibility index (Phi) is 1.80. The fourth-order valence-corrected chi connectivity index (χ4v) is 0.692. The maximum Gasteiger partial charge on any atom is 0.358 e. The molecule has 0 saturated heterocycles. The number of hydrogen-bond donors (Lipinski definition) is 1. The zero-order chi connectivity index (χ0) is 8.43. The molecule has 5 nitrogen and oxygen atoms in total. The molecule has 0 saturated carbocycles. The first-order valence-corrected chi connectivity index (χ1v) is 3.05. The third-order valence-electron chi connectivity index (χ3n) is 1.32. The first-order chi connectivity index (χ1) is 5.15. The van der Waals surface area contributed by atoms with Crippen LogP contribution in [0.5, 0.6) is 0 Å². The molecule has 0 unspecified atom stereocenters. The van der Waals surface area contributed by atoms with Gasteiger partial charge in [0.25, 0.3) is 0 Å². The van der Waals surface area contributed by atoms with Crippen molar-refractivity contribution in [3.05, 3.63) is 17.5 Å². The minimum atomic E-state index is -0.475. The summed E-state index contributed by atoms with van der Waals surface area (Å²) in [6.07, 6.45) is 0. The van der Waals surface area contributed by atoms with Gasteiger partial charge in [0.1, 0.15) is 0 Å². The molecule has 0 atom stereocenters. The molecule has 0 aliphatic carbocycles. The number of carbonyl (C=O) groups is 1. The maximum absolute atomic E-state index is 10.8. The van der Waals surface area contributed by atoms with Crippen LogP contribution in [-0.4, -0.2) is 23.0 Å². The van der Waals surface area contributed by atoms with Crippen molar-refractivity contribution >= 4 is 5.97 Å². The molecule has 0 aromatic carbocycles. The van der Waals surface area contributed by atoms with E-state index >= 15 is 0 Å². The molecule has 0 radical (unpaired) electrons. The Morgan fingerprint density at radius 2 is 2.45 bits per heavy atom. The smallest absolute Gasteiger partial charge is 0.358 e. The molecule has 5 heteroatoms. The minimum Gasteiger partial charge on any atom is -0.464 e. The Bertz CT molecular complexity index is 260. The number of carbonyl (C=O) groups excluding carboxylic acids is 1. The third-order valence-corrected chi connectivity index (χ3v) is 1.32. The Labute approximate surface area is 63.7 Å². The van der Waals surface area contributed by atoms with Crippen molar-refractivity contribution in [2.45, 2.75) is 6.92 Å². The molecule has 1 aromatic heterocycles. The van der Waals surface area contributed by atoms with Crippen LogP contribution in [0.1, 0.15) is 16.2 Å². The Hall–Kier alpha value is -1.52. The van der Waals surface area contributed by atoms with Gasteiger partial charge in [-0.1, -0.05) is 0 Å². The van der Waals surface area contributed by atoms with Crippen LogP contribution < -0.4 is 5.84 Å². The summed E-state index contributed by atoms with van der Waals surface area (Å²) >= 11 is 0. The van der Waals surface area contributed by atoms with Gasteiger partial charge in [-0.15, -0.1) is 5.10 Å². The zero-order valence-corrected chi connectivity index (χ0v) is 6.37. The molecular weight excluding hydrogens is 146 g/mol. The molecule has 0 amide bonds. The highest BCUT2D eigenvalue weighted by atomic mass is 16.5. The van der Waals surface area contributed by atoms with E-state index in [9.17, 15) is 4.79 Å². The fraction of sp³-hybridized carbons (Fsp3) is 0.333. The second-order valence-electron chi connectivity index (χ2n) is 2.11. The molecule has 60 valence electrons. The topological polar surface area (TPSA) is 70.1 Å². The quantitative estimate of drug-likeness (QED) is 0.446. The number of rotatable bonds is 1. The van der Waals surface area contributed by atoms with E-state index in [1.807, 2.05) is 0 Å². The van der Waals surface area contributed by atoms with Gasteiger partial charge < -0.3 is 10.6 Å². The highest BCUT2D eigenvalue weighted by Crippen LogP contribution is 2.00. The highest BCUT2D eigenvalue weighted by Gasteiger charge is 2.10. The summed E-state index contributed by atoms with van der Waals surface area (Å²) in [6, 6.07) is 1.56. The van der Waals surface area contributed by atoms with Crippen LogP contribution in [0.15, 0.2) is 6.07 Å². The van der Waals surface area contributed by atoms with E-state index in [0.29, 0.717) is 5.69 Å². The number of nitrogens with two attached hydrogens (primary N) is 1. The van der Waals surface area contributed by atoms with Crippen molar-refractivity contribution < 1.29 is 9.53 Å². The Morgan fingerprint density at radius 1 is 1.82 bits per heavy atom. The van der Waals surface area contributed by atoms with E-state index in [0.717, 1.165) is 4.79 Å². The number of nitrogen functional groups attached to an aromatic ring is 1. The van der Waals surface area contributed by atoms with Gasteiger partial charge in [0.2, 0.25) is 0 Å². The number of ether oxygens (including phenoxy) is 1. The molecule has 0 bridgehead atoms. The molecule has 11 heavy (non-hydrogen) atoms. The van der Waals surface area contributed by atoms with Gasteiger partial charge in [-0.2, -0.15) is 4.79 Å². The summed E-state index contributed by atoms with van der Waals surface area (Å²) in [4.78, 5) is 12.0. The molecule has 0 aliphatic heterocycles. The average molecular weight is 155 g/mol. The lowest BCUT2D eigenvalue weighted by Gasteiger charge is -1.91. The van der Waals surface area contributed by atoms with Crippen molar-refractivity contribution in [2.75, 3.05) is 13.0 Å². The second-order valence-corrected chi connectivity index (χ2v) is 2.11. The normalized spacial score (nSPS) is 9.64. The molecule has 0 fully saturated rings. The minimum absolute atomic E-state index is 0.229. The van der Waals surface area contributed by atoms with E-state index in [1.165, 1.54) is 7.11 Å². The van der Waals surface area contributed by atoms with Crippen LogP contribution in [0.25, 0.3) is 0 Å². The van der Waals surface area contributed by atoms with Crippen molar-refractivity contribution in [1.29, 1.82) is 0 Å². The second kappa shape index (κ2) is 2.61. The van der Waals surface area contributed by atoms with Crippen molar-refractivity contribution in [2.24, 2.45) is 0 Å². The first kappa shape index (κ1) is 7.59. The van der Waals surface area contributed by atoms with Crippen LogP contribution in [0.2, 0.25) is 0 Å². The van der Waals surface area contributed by atoms with E-state index in [-0.39, 0.29) is 5.69 Å². The predicted molar refractivity (Wildman–Crippen MR) is 38.5 cm³/mol. The molecule has 1 aromatic rings. The lowest BCUT2D eigenvalue weighted by atomic mass is 10.4.